The predicted molar refractivity (Wildman–Crippen MR) is 72.4 cm³/mol. The van der Waals surface area contributed by atoms with Crippen LogP contribution >= 0.6 is 0 Å². The number of allylic oxidation sites excluding steroid dienone is 1. The maximum absolute atomic E-state index is 11.9. The Morgan fingerprint density at radius 1 is 1.39 bits per heavy atom. The van der Waals surface area contributed by atoms with Crippen LogP contribution in [0.1, 0.15) is 39.0 Å². The molecule has 0 aromatic rings. The molecule has 0 saturated heterocycles. The van der Waals surface area contributed by atoms with E-state index in [-0.39, 0.29) is 17.9 Å². The van der Waals surface area contributed by atoms with Crippen LogP contribution in [0.15, 0.2) is 21.6 Å². The number of guanidine groups is 1. The minimum Gasteiger partial charge on any atom is -0.370 e. The summed E-state index contributed by atoms with van der Waals surface area (Å²) in [4.78, 5) is 20.2. The minimum atomic E-state index is -0.352. The molecule has 4 N–H and O–H groups in total. The lowest BCUT2D eigenvalue weighted by atomic mass is 9.89. The third kappa shape index (κ3) is 2.78. The molecule has 5 nitrogen and oxygen atoms in total. The average Bonchev–Trinajstić information content (AvgIpc) is 2.51. The summed E-state index contributed by atoms with van der Waals surface area (Å²) in [6.07, 6.45) is 7.78. The molecular weight excluding hydrogens is 228 g/mol. The largest absolute Gasteiger partial charge is 0.370 e. The third-order valence-electron chi connectivity index (χ3n) is 3.54. The van der Waals surface area contributed by atoms with Crippen LogP contribution < -0.4 is 11.5 Å². The molecule has 98 valence electrons. The van der Waals surface area contributed by atoms with E-state index in [9.17, 15) is 4.79 Å². The van der Waals surface area contributed by atoms with Crippen molar-refractivity contribution in [2.75, 3.05) is 0 Å². The van der Waals surface area contributed by atoms with Crippen molar-refractivity contribution in [3.05, 3.63) is 11.6 Å². The number of dihydropyridines is 1. The van der Waals surface area contributed by atoms with Gasteiger partial charge < -0.3 is 11.5 Å². The van der Waals surface area contributed by atoms with Crippen LogP contribution in [0, 0.1) is 5.92 Å². The highest BCUT2D eigenvalue weighted by atomic mass is 16.1. The van der Waals surface area contributed by atoms with Crippen LogP contribution in [0.25, 0.3) is 0 Å². The van der Waals surface area contributed by atoms with Crippen molar-refractivity contribution in [2.45, 2.75) is 45.1 Å². The number of nitrogens with zero attached hydrogens (tertiary/aromatic N) is 2. The Bertz CT molecular complexity index is 432. The molecule has 1 aliphatic heterocycles. The lowest BCUT2D eigenvalue weighted by Crippen LogP contribution is -2.28. The number of fused-ring (bicyclic) bond motifs is 1. The Balaban J connectivity index is 2.22. The molecule has 2 unspecified atom stereocenters. The summed E-state index contributed by atoms with van der Waals surface area (Å²) in [5.74, 6) is -0.241. The van der Waals surface area contributed by atoms with Gasteiger partial charge in [0.25, 0.3) is 5.91 Å². The average molecular weight is 248 g/mol. The van der Waals surface area contributed by atoms with E-state index < -0.39 is 0 Å². The Hall–Kier alpha value is -1.65. The van der Waals surface area contributed by atoms with Crippen LogP contribution in [0.3, 0.4) is 0 Å². The van der Waals surface area contributed by atoms with Gasteiger partial charge >= 0.3 is 0 Å². The number of rotatable bonds is 1. The van der Waals surface area contributed by atoms with Gasteiger partial charge in [-0.2, -0.15) is 4.99 Å². The summed E-state index contributed by atoms with van der Waals surface area (Å²) < 4.78 is 0. The number of carbonyl (C=O) groups is 1. The number of nitrogens with two attached hydrogens (primary N) is 2. The van der Waals surface area contributed by atoms with Crippen LogP contribution in [0.4, 0.5) is 0 Å². The van der Waals surface area contributed by atoms with E-state index in [1.807, 2.05) is 13.0 Å². The van der Waals surface area contributed by atoms with Crippen molar-refractivity contribution >= 4 is 17.6 Å². The van der Waals surface area contributed by atoms with Gasteiger partial charge in [0, 0.05) is 17.2 Å². The van der Waals surface area contributed by atoms with Crippen molar-refractivity contribution in [1.29, 1.82) is 0 Å². The van der Waals surface area contributed by atoms with Crippen LogP contribution in [0.5, 0.6) is 0 Å². The van der Waals surface area contributed by atoms with E-state index in [2.05, 4.69) is 9.98 Å². The lowest BCUT2D eigenvalue weighted by molar-refractivity contribution is -0.114. The zero-order chi connectivity index (χ0) is 13.1. The topological polar surface area (TPSA) is 93.8 Å². The van der Waals surface area contributed by atoms with Gasteiger partial charge in [0.2, 0.25) is 0 Å². The van der Waals surface area contributed by atoms with Crippen molar-refractivity contribution in [2.24, 2.45) is 27.4 Å². The van der Waals surface area contributed by atoms with Crippen molar-refractivity contribution in [1.82, 2.24) is 0 Å². The van der Waals surface area contributed by atoms with E-state index >= 15 is 0 Å². The molecule has 0 bridgehead atoms. The highest BCUT2D eigenvalue weighted by molar-refractivity contribution is 6.04. The zero-order valence-corrected chi connectivity index (χ0v) is 10.7. The number of aliphatic imine (C=N–C) groups is 2. The monoisotopic (exact) mass is 248 g/mol. The van der Waals surface area contributed by atoms with E-state index in [1.54, 1.807) is 0 Å². The van der Waals surface area contributed by atoms with Crippen LogP contribution in [-0.4, -0.2) is 23.6 Å². The molecule has 0 aromatic carbocycles. The molecule has 0 aromatic heterocycles. The molecule has 2 aliphatic rings. The highest BCUT2D eigenvalue weighted by Gasteiger charge is 2.27. The maximum atomic E-state index is 11.9. The molecule has 1 aliphatic carbocycles. The molecule has 2 atom stereocenters. The fourth-order valence-corrected chi connectivity index (χ4v) is 2.65. The molecule has 1 fully saturated rings. The van der Waals surface area contributed by atoms with Crippen molar-refractivity contribution < 1.29 is 4.79 Å². The van der Waals surface area contributed by atoms with Crippen molar-refractivity contribution in [3.63, 3.8) is 0 Å². The van der Waals surface area contributed by atoms with E-state index in [1.165, 1.54) is 25.0 Å². The molecule has 0 radical (unpaired) electrons. The lowest BCUT2D eigenvalue weighted by Gasteiger charge is -2.23. The second-order valence-corrected chi connectivity index (χ2v) is 4.97. The molecule has 1 amide bonds. The third-order valence-corrected chi connectivity index (χ3v) is 3.54. The molecule has 1 heterocycles. The Morgan fingerprint density at radius 3 is 2.89 bits per heavy atom. The van der Waals surface area contributed by atoms with Gasteiger partial charge in [0.05, 0.1) is 6.04 Å². The standard InChI is InChI=1S/C13H20N4O/c1-8-10(12(18)17-13(14)15)7-9-5-3-2-4-6-11(9)16-8/h7-9H,2-6H2,1H3,(H4,14,15,17,18). The van der Waals surface area contributed by atoms with E-state index in [0.29, 0.717) is 11.5 Å². The number of hydrogen-bond acceptors (Lipinski definition) is 2. The van der Waals surface area contributed by atoms with Gasteiger partial charge in [0.15, 0.2) is 5.96 Å². The highest BCUT2D eigenvalue weighted by Crippen LogP contribution is 2.29. The van der Waals surface area contributed by atoms with Gasteiger partial charge in [-0.3, -0.25) is 9.79 Å². The first-order valence-corrected chi connectivity index (χ1v) is 6.50. The SMILES string of the molecule is CC1N=C2CCCCCC2C=C1C(=O)N=C(N)N. The first kappa shape index (κ1) is 12.8. The molecule has 0 spiro atoms. The van der Waals surface area contributed by atoms with Crippen LogP contribution in [0.2, 0.25) is 0 Å². The van der Waals surface area contributed by atoms with Crippen LogP contribution in [-0.2, 0) is 4.79 Å². The number of hydrogen-bond donors (Lipinski definition) is 2. The fraction of sp³-hybridized carbons (Fsp3) is 0.615. The summed E-state index contributed by atoms with van der Waals surface area (Å²) in [6, 6.07) is -0.134. The Morgan fingerprint density at radius 2 is 2.17 bits per heavy atom. The molecule has 2 rings (SSSR count). The summed E-state index contributed by atoms with van der Waals surface area (Å²) in [6.45, 7) is 1.92. The van der Waals surface area contributed by atoms with Gasteiger partial charge in [0.1, 0.15) is 0 Å². The Labute approximate surface area is 107 Å². The molecule has 1 saturated carbocycles. The van der Waals surface area contributed by atoms with E-state index in [4.69, 9.17) is 11.5 Å². The smallest absolute Gasteiger partial charge is 0.277 e. The second kappa shape index (κ2) is 5.33. The van der Waals surface area contributed by atoms with E-state index in [0.717, 1.165) is 12.8 Å². The minimum absolute atomic E-state index is 0.134. The van der Waals surface area contributed by atoms with Gasteiger partial charge in [-0.05, 0) is 26.2 Å². The summed E-state index contributed by atoms with van der Waals surface area (Å²) >= 11 is 0. The molecule has 5 heteroatoms. The van der Waals surface area contributed by atoms with Gasteiger partial charge in [-0.1, -0.05) is 18.9 Å². The second-order valence-electron chi connectivity index (χ2n) is 4.97. The molecule has 18 heavy (non-hydrogen) atoms. The number of amides is 1. The predicted octanol–water partition coefficient (Wildman–Crippen LogP) is 1.14. The summed E-state index contributed by atoms with van der Waals surface area (Å²) in [7, 11) is 0. The zero-order valence-electron chi connectivity index (χ0n) is 10.7. The van der Waals surface area contributed by atoms with Crippen molar-refractivity contribution in [3.8, 4) is 0 Å². The summed E-state index contributed by atoms with van der Waals surface area (Å²) in [5, 5.41) is 0. The first-order chi connectivity index (χ1) is 8.58. The first-order valence-electron chi connectivity index (χ1n) is 6.50. The normalized spacial score (nSPS) is 27.4. The van der Waals surface area contributed by atoms with Gasteiger partial charge in [-0.15, -0.1) is 0 Å². The maximum Gasteiger partial charge on any atom is 0.277 e. The Kier molecular flexibility index (Phi) is 3.79. The molecular formula is C13H20N4O. The number of carbonyl (C=O) groups excluding carboxylic acids is 1. The quantitative estimate of drug-likeness (QED) is 0.538. The van der Waals surface area contributed by atoms with Gasteiger partial charge in [-0.25, -0.2) is 0 Å². The fourth-order valence-electron chi connectivity index (χ4n) is 2.65. The summed E-state index contributed by atoms with van der Waals surface area (Å²) in [5.41, 5.74) is 12.4.